The lowest BCUT2D eigenvalue weighted by atomic mass is 9.62. The lowest BCUT2D eigenvalue weighted by Gasteiger charge is -2.54. The highest BCUT2D eigenvalue weighted by molar-refractivity contribution is 5.82. The third-order valence-corrected chi connectivity index (χ3v) is 3.59. The van der Waals surface area contributed by atoms with Gasteiger partial charge < -0.3 is 5.32 Å². The second-order valence-corrected chi connectivity index (χ2v) is 5.76. The zero-order chi connectivity index (χ0) is 9.69. The molecule has 1 aliphatic heterocycles. The van der Waals surface area contributed by atoms with Gasteiger partial charge in [-0.2, -0.15) is 0 Å². The molecule has 0 aromatic rings. The van der Waals surface area contributed by atoms with Crippen LogP contribution in [0.2, 0.25) is 0 Å². The Labute approximate surface area is 80.1 Å². The van der Waals surface area contributed by atoms with Crippen molar-refractivity contribution in [1.29, 1.82) is 0 Å². The second-order valence-electron chi connectivity index (χ2n) is 5.76. The predicted octanol–water partition coefficient (Wildman–Crippen LogP) is 1.74. The summed E-state index contributed by atoms with van der Waals surface area (Å²) in [6.45, 7) is 7.83. The summed E-state index contributed by atoms with van der Waals surface area (Å²) in [5.74, 6) is 0.468. The van der Waals surface area contributed by atoms with Crippen LogP contribution in [0.3, 0.4) is 0 Å². The first kappa shape index (κ1) is 9.20. The standard InChI is InChI=1S/C11H19NO/c1-10(2,3)9-11(7-12-9)5-4-8(13)6-11/h9,12H,4-7H2,1-3H3. The highest BCUT2D eigenvalue weighted by Crippen LogP contribution is 2.49. The third-order valence-electron chi connectivity index (χ3n) is 3.59. The monoisotopic (exact) mass is 181 g/mol. The van der Waals surface area contributed by atoms with Crippen LogP contribution in [-0.2, 0) is 4.79 Å². The van der Waals surface area contributed by atoms with Gasteiger partial charge in [0.2, 0.25) is 0 Å². The molecular formula is C11H19NO. The third kappa shape index (κ3) is 1.32. The quantitative estimate of drug-likeness (QED) is 0.617. The Kier molecular flexibility index (Phi) is 1.82. The van der Waals surface area contributed by atoms with Gasteiger partial charge in [0.05, 0.1) is 0 Å². The van der Waals surface area contributed by atoms with E-state index in [-0.39, 0.29) is 0 Å². The maximum Gasteiger partial charge on any atom is 0.133 e. The molecule has 0 aromatic heterocycles. The summed E-state index contributed by atoms with van der Waals surface area (Å²) in [6, 6.07) is 0.548. The number of rotatable bonds is 0. The zero-order valence-corrected chi connectivity index (χ0v) is 8.81. The molecule has 1 spiro atoms. The minimum atomic E-state index is 0.295. The summed E-state index contributed by atoms with van der Waals surface area (Å²) in [4.78, 5) is 11.3. The summed E-state index contributed by atoms with van der Waals surface area (Å²) < 4.78 is 0. The number of Topliss-reactive ketones (excluding diaryl/α,β-unsaturated/α-hetero) is 1. The zero-order valence-electron chi connectivity index (χ0n) is 8.81. The molecule has 2 nitrogen and oxygen atoms in total. The van der Waals surface area contributed by atoms with Gasteiger partial charge in [-0.05, 0) is 11.8 Å². The van der Waals surface area contributed by atoms with Gasteiger partial charge in [0.15, 0.2) is 0 Å². The molecule has 1 N–H and O–H groups in total. The van der Waals surface area contributed by atoms with Gasteiger partial charge >= 0.3 is 0 Å². The first-order valence-electron chi connectivity index (χ1n) is 5.19. The number of hydrogen-bond acceptors (Lipinski definition) is 2. The van der Waals surface area contributed by atoms with E-state index in [1.165, 1.54) is 0 Å². The van der Waals surface area contributed by atoms with E-state index in [1.54, 1.807) is 0 Å². The van der Waals surface area contributed by atoms with E-state index in [4.69, 9.17) is 0 Å². The number of ketones is 1. The maximum atomic E-state index is 11.3. The summed E-state index contributed by atoms with van der Waals surface area (Å²) >= 11 is 0. The van der Waals surface area contributed by atoms with Crippen LogP contribution in [0, 0.1) is 10.8 Å². The number of nitrogens with one attached hydrogen (secondary N) is 1. The van der Waals surface area contributed by atoms with E-state index in [9.17, 15) is 4.79 Å². The van der Waals surface area contributed by atoms with Crippen molar-refractivity contribution >= 4 is 5.78 Å². The van der Waals surface area contributed by atoms with Crippen LogP contribution in [0.1, 0.15) is 40.0 Å². The van der Waals surface area contributed by atoms with Gasteiger partial charge in [-0.1, -0.05) is 20.8 Å². The largest absolute Gasteiger partial charge is 0.312 e. The lowest BCUT2D eigenvalue weighted by Crippen LogP contribution is -2.66. The summed E-state index contributed by atoms with van der Waals surface area (Å²) in [5, 5.41) is 3.49. The molecule has 13 heavy (non-hydrogen) atoms. The summed E-state index contributed by atoms with van der Waals surface area (Å²) in [6.07, 6.45) is 2.75. The van der Waals surface area contributed by atoms with Crippen LogP contribution in [0.15, 0.2) is 0 Å². The Morgan fingerprint density at radius 3 is 2.46 bits per heavy atom. The Hall–Kier alpha value is -0.370. The van der Waals surface area contributed by atoms with Crippen molar-refractivity contribution in [2.45, 2.75) is 46.1 Å². The average molecular weight is 181 g/mol. The van der Waals surface area contributed by atoms with E-state index in [0.717, 1.165) is 25.8 Å². The summed E-state index contributed by atoms with van der Waals surface area (Å²) in [5.41, 5.74) is 0.623. The normalized spacial score (nSPS) is 39.6. The fourth-order valence-corrected chi connectivity index (χ4v) is 3.07. The van der Waals surface area contributed by atoms with Gasteiger partial charge in [0, 0.05) is 30.8 Å². The number of carbonyl (C=O) groups is 1. The van der Waals surface area contributed by atoms with Crippen LogP contribution in [0.5, 0.6) is 0 Å². The molecular weight excluding hydrogens is 162 g/mol. The number of carbonyl (C=O) groups excluding carboxylic acids is 1. The van der Waals surface area contributed by atoms with E-state index in [1.807, 2.05) is 0 Å². The van der Waals surface area contributed by atoms with Gasteiger partial charge in [0.25, 0.3) is 0 Å². The molecule has 0 aromatic carbocycles. The maximum absolute atomic E-state index is 11.3. The van der Waals surface area contributed by atoms with Crippen molar-refractivity contribution in [2.75, 3.05) is 6.54 Å². The molecule has 0 radical (unpaired) electrons. The molecule has 2 aliphatic rings. The molecule has 1 saturated heterocycles. The van der Waals surface area contributed by atoms with Crippen molar-refractivity contribution < 1.29 is 4.79 Å². The number of hydrogen-bond donors (Lipinski definition) is 1. The minimum absolute atomic E-state index is 0.295. The molecule has 1 aliphatic carbocycles. The van der Waals surface area contributed by atoms with Crippen molar-refractivity contribution in [3.8, 4) is 0 Å². The molecule has 0 bridgehead atoms. The lowest BCUT2D eigenvalue weighted by molar-refractivity contribution is -0.119. The Balaban J connectivity index is 2.13. The van der Waals surface area contributed by atoms with E-state index < -0.39 is 0 Å². The molecule has 1 saturated carbocycles. The van der Waals surface area contributed by atoms with E-state index in [2.05, 4.69) is 26.1 Å². The van der Waals surface area contributed by atoms with Crippen molar-refractivity contribution in [3.63, 3.8) is 0 Å². The van der Waals surface area contributed by atoms with Crippen LogP contribution in [0.25, 0.3) is 0 Å². The fraction of sp³-hybridized carbons (Fsp3) is 0.909. The van der Waals surface area contributed by atoms with Crippen molar-refractivity contribution in [2.24, 2.45) is 10.8 Å². The van der Waals surface area contributed by atoms with Crippen LogP contribution < -0.4 is 5.32 Å². The smallest absolute Gasteiger partial charge is 0.133 e. The van der Waals surface area contributed by atoms with E-state index in [0.29, 0.717) is 22.7 Å². The molecule has 2 atom stereocenters. The topological polar surface area (TPSA) is 29.1 Å². The fourth-order valence-electron chi connectivity index (χ4n) is 3.07. The SMILES string of the molecule is CC(C)(C)C1NCC12CCC(=O)C2. The minimum Gasteiger partial charge on any atom is -0.312 e. The van der Waals surface area contributed by atoms with Crippen LogP contribution in [-0.4, -0.2) is 18.4 Å². The van der Waals surface area contributed by atoms with Gasteiger partial charge in [-0.3, -0.25) is 4.79 Å². The Bertz CT molecular complexity index is 241. The van der Waals surface area contributed by atoms with Gasteiger partial charge in [0.1, 0.15) is 5.78 Å². The first-order valence-corrected chi connectivity index (χ1v) is 5.19. The molecule has 2 fully saturated rings. The Morgan fingerprint density at radius 2 is 2.15 bits per heavy atom. The average Bonchev–Trinajstić information content (AvgIpc) is 2.27. The highest BCUT2D eigenvalue weighted by atomic mass is 16.1. The Morgan fingerprint density at radius 1 is 1.46 bits per heavy atom. The van der Waals surface area contributed by atoms with Gasteiger partial charge in [-0.25, -0.2) is 0 Å². The second kappa shape index (κ2) is 2.57. The highest BCUT2D eigenvalue weighted by Gasteiger charge is 2.54. The molecule has 2 rings (SSSR count). The van der Waals surface area contributed by atoms with Crippen molar-refractivity contribution in [3.05, 3.63) is 0 Å². The molecule has 74 valence electrons. The first-order chi connectivity index (χ1) is 5.94. The molecule has 0 amide bonds. The van der Waals surface area contributed by atoms with Crippen molar-refractivity contribution in [1.82, 2.24) is 5.32 Å². The predicted molar refractivity (Wildman–Crippen MR) is 52.5 cm³/mol. The van der Waals surface area contributed by atoms with Crippen LogP contribution in [0.4, 0.5) is 0 Å². The molecule has 2 heteroatoms. The molecule has 1 heterocycles. The molecule has 2 unspecified atom stereocenters. The van der Waals surface area contributed by atoms with Gasteiger partial charge in [-0.15, -0.1) is 0 Å². The van der Waals surface area contributed by atoms with E-state index >= 15 is 0 Å². The van der Waals surface area contributed by atoms with Crippen LogP contribution >= 0.6 is 0 Å². The summed E-state index contributed by atoms with van der Waals surface area (Å²) in [7, 11) is 0.